The molecule has 3 rings (SSSR count). The molecule has 0 aliphatic carbocycles. The van der Waals surface area contributed by atoms with E-state index < -0.39 is 0 Å². The van der Waals surface area contributed by atoms with Crippen molar-refractivity contribution in [1.29, 1.82) is 0 Å². The lowest BCUT2D eigenvalue weighted by atomic mass is 9.89. The number of hydrogen-bond donors (Lipinski definition) is 0. The lowest BCUT2D eigenvalue weighted by Crippen LogP contribution is -1.97. The zero-order chi connectivity index (χ0) is 18.5. The second-order valence-corrected chi connectivity index (χ2v) is 7.08. The Labute approximate surface area is 174 Å². The highest BCUT2D eigenvalue weighted by Gasteiger charge is 2.15. The third-order valence-electron chi connectivity index (χ3n) is 4.52. The van der Waals surface area contributed by atoms with Gasteiger partial charge in [0, 0.05) is 23.5 Å². The second kappa shape index (κ2) is 9.15. The van der Waals surface area contributed by atoms with Gasteiger partial charge < -0.3 is 0 Å². The zero-order valence-electron chi connectivity index (χ0n) is 14.1. The molecule has 0 heterocycles. The first-order valence-electron chi connectivity index (χ1n) is 8.29. The summed E-state index contributed by atoms with van der Waals surface area (Å²) in [6.07, 6.45) is 0. The van der Waals surface area contributed by atoms with Gasteiger partial charge in [0.1, 0.15) is 0 Å². The molecular formula is C22H18Cl4. The van der Waals surface area contributed by atoms with Crippen molar-refractivity contribution in [3.05, 3.63) is 82.9 Å². The molecule has 0 nitrogen and oxygen atoms in total. The van der Waals surface area contributed by atoms with Crippen LogP contribution in [0, 0.1) is 0 Å². The van der Waals surface area contributed by atoms with Gasteiger partial charge in [0.2, 0.25) is 0 Å². The maximum Gasteiger partial charge on any atom is 0.0480 e. The van der Waals surface area contributed by atoms with E-state index in [1.54, 1.807) is 0 Å². The standard InChI is InChI=1S/C22H18Cl4/c23-11-15-5-1-3-7-19(15)21-9-18(14-26)22(10-17(21)13-25)20-8-4-2-6-16(20)12-24/h1-10H,11-14H2. The maximum absolute atomic E-state index is 6.31. The van der Waals surface area contributed by atoms with Crippen LogP contribution in [-0.4, -0.2) is 0 Å². The molecule has 3 aromatic carbocycles. The Kier molecular flexibility index (Phi) is 6.89. The molecule has 0 saturated carbocycles. The predicted molar refractivity (Wildman–Crippen MR) is 116 cm³/mol. The van der Waals surface area contributed by atoms with Crippen LogP contribution < -0.4 is 0 Å². The molecule has 26 heavy (non-hydrogen) atoms. The van der Waals surface area contributed by atoms with E-state index in [1.807, 2.05) is 36.4 Å². The fraction of sp³-hybridized carbons (Fsp3) is 0.182. The van der Waals surface area contributed by atoms with Crippen molar-refractivity contribution >= 4 is 46.4 Å². The normalized spacial score (nSPS) is 10.9. The van der Waals surface area contributed by atoms with Crippen molar-refractivity contribution in [3.63, 3.8) is 0 Å². The first kappa shape index (κ1) is 19.6. The monoisotopic (exact) mass is 422 g/mol. The van der Waals surface area contributed by atoms with E-state index in [4.69, 9.17) is 46.4 Å². The highest BCUT2D eigenvalue weighted by molar-refractivity contribution is 6.19. The third-order valence-corrected chi connectivity index (χ3v) is 5.67. The first-order chi connectivity index (χ1) is 12.7. The van der Waals surface area contributed by atoms with E-state index in [0.29, 0.717) is 23.5 Å². The van der Waals surface area contributed by atoms with Crippen LogP contribution in [0.25, 0.3) is 22.3 Å². The van der Waals surface area contributed by atoms with Crippen LogP contribution in [0.15, 0.2) is 60.7 Å². The van der Waals surface area contributed by atoms with Gasteiger partial charge in [-0.15, -0.1) is 46.4 Å². The van der Waals surface area contributed by atoms with Crippen LogP contribution in [-0.2, 0) is 23.5 Å². The Balaban J connectivity index is 2.25. The quantitative estimate of drug-likeness (QED) is 0.352. The molecule has 3 aromatic rings. The van der Waals surface area contributed by atoms with E-state index in [-0.39, 0.29) is 0 Å². The molecule has 134 valence electrons. The largest absolute Gasteiger partial charge is 0.122 e. The molecule has 0 saturated heterocycles. The number of hydrogen-bond acceptors (Lipinski definition) is 0. The van der Waals surface area contributed by atoms with E-state index >= 15 is 0 Å². The Hall–Kier alpha value is -1.18. The maximum atomic E-state index is 6.31. The number of benzene rings is 3. The third kappa shape index (κ3) is 3.89. The van der Waals surface area contributed by atoms with Crippen LogP contribution >= 0.6 is 46.4 Å². The Morgan fingerprint density at radius 1 is 0.423 bits per heavy atom. The number of halogens is 4. The van der Waals surface area contributed by atoms with Crippen molar-refractivity contribution in [1.82, 2.24) is 0 Å². The summed E-state index contributed by atoms with van der Waals surface area (Å²) in [6.45, 7) is 0. The average molecular weight is 424 g/mol. The lowest BCUT2D eigenvalue weighted by molar-refractivity contribution is 1.30. The Bertz CT molecular complexity index is 827. The molecule has 0 N–H and O–H groups in total. The molecule has 0 spiro atoms. The summed E-state index contributed by atoms with van der Waals surface area (Å²) < 4.78 is 0. The summed E-state index contributed by atoms with van der Waals surface area (Å²) in [6, 6.07) is 20.5. The summed E-state index contributed by atoms with van der Waals surface area (Å²) in [4.78, 5) is 0. The second-order valence-electron chi connectivity index (χ2n) is 6.02. The van der Waals surface area contributed by atoms with Gasteiger partial charge in [0.25, 0.3) is 0 Å². The summed E-state index contributed by atoms with van der Waals surface area (Å²) in [5, 5.41) is 0. The highest BCUT2D eigenvalue weighted by atomic mass is 35.5. The first-order valence-corrected chi connectivity index (χ1v) is 10.4. The lowest BCUT2D eigenvalue weighted by Gasteiger charge is -2.18. The predicted octanol–water partition coefficient (Wildman–Crippen LogP) is 7.98. The Morgan fingerprint density at radius 3 is 1.12 bits per heavy atom. The molecule has 0 atom stereocenters. The molecular weight excluding hydrogens is 406 g/mol. The summed E-state index contributed by atoms with van der Waals surface area (Å²) in [5.74, 6) is 1.71. The van der Waals surface area contributed by atoms with Crippen molar-refractivity contribution in [2.45, 2.75) is 23.5 Å². The van der Waals surface area contributed by atoms with Crippen LogP contribution in [0.5, 0.6) is 0 Å². The summed E-state index contributed by atoms with van der Waals surface area (Å²) >= 11 is 24.9. The summed E-state index contributed by atoms with van der Waals surface area (Å²) in [5.41, 5.74) is 8.63. The van der Waals surface area contributed by atoms with Gasteiger partial charge >= 0.3 is 0 Å². The van der Waals surface area contributed by atoms with Gasteiger partial charge in [-0.3, -0.25) is 0 Å². The molecule has 0 aliphatic rings. The highest BCUT2D eigenvalue weighted by Crippen LogP contribution is 2.37. The van der Waals surface area contributed by atoms with Gasteiger partial charge in [0.05, 0.1) is 0 Å². The van der Waals surface area contributed by atoms with Crippen LogP contribution in [0.2, 0.25) is 0 Å². The van der Waals surface area contributed by atoms with E-state index in [2.05, 4.69) is 24.3 Å². The van der Waals surface area contributed by atoms with Crippen LogP contribution in [0.3, 0.4) is 0 Å². The topological polar surface area (TPSA) is 0 Å². The molecule has 0 bridgehead atoms. The van der Waals surface area contributed by atoms with Gasteiger partial charge in [-0.2, -0.15) is 0 Å². The molecule has 0 radical (unpaired) electrons. The van der Waals surface area contributed by atoms with Gasteiger partial charge in [0.15, 0.2) is 0 Å². The zero-order valence-corrected chi connectivity index (χ0v) is 17.1. The molecule has 0 aromatic heterocycles. The molecule has 4 heteroatoms. The fourth-order valence-corrected chi connectivity index (χ4v) is 4.12. The van der Waals surface area contributed by atoms with Gasteiger partial charge in [-0.25, -0.2) is 0 Å². The average Bonchev–Trinajstić information content (AvgIpc) is 2.72. The SMILES string of the molecule is ClCc1ccccc1-c1cc(CCl)c(-c2ccccc2CCl)cc1CCl. The molecule has 0 aliphatic heterocycles. The molecule has 0 amide bonds. The smallest absolute Gasteiger partial charge is 0.0480 e. The van der Waals surface area contributed by atoms with Crippen molar-refractivity contribution < 1.29 is 0 Å². The minimum absolute atomic E-state index is 0.407. The van der Waals surface area contributed by atoms with Crippen LogP contribution in [0.4, 0.5) is 0 Å². The molecule has 0 fully saturated rings. The minimum atomic E-state index is 0.407. The van der Waals surface area contributed by atoms with Gasteiger partial charge in [-0.05, 0) is 56.6 Å². The van der Waals surface area contributed by atoms with Crippen molar-refractivity contribution in [2.75, 3.05) is 0 Å². The van der Waals surface area contributed by atoms with Gasteiger partial charge in [-0.1, -0.05) is 48.5 Å². The van der Waals surface area contributed by atoms with E-state index in [0.717, 1.165) is 44.5 Å². The number of rotatable bonds is 6. The van der Waals surface area contributed by atoms with Crippen molar-refractivity contribution in [3.8, 4) is 22.3 Å². The summed E-state index contributed by atoms with van der Waals surface area (Å²) in [7, 11) is 0. The van der Waals surface area contributed by atoms with E-state index in [1.165, 1.54) is 0 Å². The number of alkyl halides is 4. The van der Waals surface area contributed by atoms with Crippen LogP contribution in [0.1, 0.15) is 22.3 Å². The minimum Gasteiger partial charge on any atom is -0.122 e. The van der Waals surface area contributed by atoms with Crippen molar-refractivity contribution in [2.24, 2.45) is 0 Å². The molecule has 0 unspecified atom stereocenters. The Morgan fingerprint density at radius 2 is 0.769 bits per heavy atom. The fourth-order valence-electron chi connectivity index (χ4n) is 3.21. The van der Waals surface area contributed by atoms with E-state index in [9.17, 15) is 0 Å².